The van der Waals surface area contributed by atoms with E-state index < -0.39 is 10.0 Å². The highest BCUT2D eigenvalue weighted by Crippen LogP contribution is 2.17. The van der Waals surface area contributed by atoms with Crippen molar-refractivity contribution in [3.05, 3.63) is 35.2 Å². The van der Waals surface area contributed by atoms with E-state index in [1.54, 1.807) is 19.1 Å². The number of H-pyrrole nitrogens is 1. The van der Waals surface area contributed by atoms with Crippen LogP contribution in [0.2, 0.25) is 5.15 Å². The van der Waals surface area contributed by atoms with E-state index in [4.69, 9.17) is 11.6 Å². The number of pyridine rings is 1. The Labute approximate surface area is 103 Å². The molecule has 0 saturated heterocycles. The molecule has 2 rings (SSSR count). The Morgan fingerprint density at radius 1 is 1.41 bits per heavy atom. The fourth-order valence-corrected chi connectivity index (χ4v) is 2.57. The normalized spacial score (nSPS) is 11.4. The second-order valence-electron chi connectivity index (χ2n) is 3.31. The molecular weight excluding hydrogens is 264 g/mol. The summed E-state index contributed by atoms with van der Waals surface area (Å²) in [5, 5.41) is 6.43. The second-order valence-corrected chi connectivity index (χ2v) is 5.35. The molecule has 0 atom stereocenters. The Bertz CT molecular complexity index is 638. The number of anilines is 1. The number of aromatic amines is 1. The van der Waals surface area contributed by atoms with Crippen molar-refractivity contribution in [1.82, 2.24) is 15.2 Å². The molecule has 0 saturated carbocycles. The van der Waals surface area contributed by atoms with Gasteiger partial charge in [0.1, 0.15) is 15.9 Å². The molecule has 0 amide bonds. The molecule has 0 unspecified atom stereocenters. The van der Waals surface area contributed by atoms with Crippen molar-refractivity contribution in [1.29, 1.82) is 0 Å². The average molecular weight is 273 g/mol. The van der Waals surface area contributed by atoms with E-state index in [-0.39, 0.29) is 15.9 Å². The van der Waals surface area contributed by atoms with Gasteiger partial charge < -0.3 is 0 Å². The van der Waals surface area contributed by atoms with Gasteiger partial charge in [0.05, 0.1) is 11.9 Å². The molecule has 0 aromatic carbocycles. The summed E-state index contributed by atoms with van der Waals surface area (Å²) >= 11 is 5.67. The van der Waals surface area contributed by atoms with Crippen LogP contribution in [0.4, 0.5) is 5.82 Å². The minimum atomic E-state index is -3.68. The molecule has 2 aromatic rings. The van der Waals surface area contributed by atoms with Crippen molar-refractivity contribution in [2.24, 2.45) is 0 Å². The van der Waals surface area contributed by atoms with E-state index in [9.17, 15) is 8.42 Å². The SMILES string of the molecule is Cc1[nH]ncc1S(=O)(=O)Nc1cccc(Cl)n1. The first-order chi connectivity index (χ1) is 7.99. The van der Waals surface area contributed by atoms with Crippen LogP contribution < -0.4 is 4.72 Å². The molecule has 0 spiro atoms. The van der Waals surface area contributed by atoms with Gasteiger partial charge in [0, 0.05) is 0 Å². The molecule has 0 aliphatic carbocycles. The third-order valence-electron chi connectivity index (χ3n) is 2.03. The molecule has 17 heavy (non-hydrogen) atoms. The second kappa shape index (κ2) is 4.34. The fourth-order valence-electron chi connectivity index (χ4n) is 1.27. The number of hydrogen-bond donors (Lipinski definition) is 2. The summed E-state index contributed by atoms with van der Waals surface area (Å²) in [5.74, 6) is 0.165. The zero-order valence-corrected chi connectivity index (χ0v) is 10.4. The van der Waals surface area contributed by atoms with Gasteiger partial charge >= 0.3 is 0 Å². The van der Waals surface area contributed by atoms with E-state index in [1.807, 2.05) is 0 Å². The predicted molar refractivity (Wildman–Crippen MR) is 63.4 cm³/mol. The minimum absolute atomic E-state index is 0.0827. The monoisotopic (exact) mass is 272 g/mol. The highest BCUT2D eigenvalue weighted by Gasteiger charge is 2.19. The first-order valence-electron chi connectivity index (χ1n) is 4.64. The van der Waals surface area contributed by atoms with Gasteiger partial charge in [-0.15, -0.1) is 0 Å². The molecule has 90 valence electrons. The van der Waals surface area contributed by atoms with Crippen LogP contribution in [0.5, 0.6) is 0 Å². The fraction of sp³-hybridized carbons (Fsp3) is 0.111. The van der Waals surface area contributed by atoms with E-state index in [1.165, 1.54) is 12.3 Å². The molecule has 2 N–H and O–H groups in total. The van der Waals surface area contributed by atoms with Crippen molar-refractivity contribution in [2.45, 2.75) is 11.8 Å². The summed E-state index contributed by atoms with van der Waals surface area (Å²) < 4.78 is 26.2. The number of aromatic nitrogens is 3. The number of rotatable bonds is 3. The van der Waals surface area contributed by atoms with Crippen LogP contribution >= 0.6 is 11.6 Å². The van der Waals surface area contributed by atoms with Crippen LogP contribution in [-0.2, 0) is 10.0 Å². The number of hydrogen-bond acceptors (Lipinski definition) is 4. The molecule has 2 heterocycles. The van der Waals surface area contributed by atoms with Crippen LogP contribution in [-0.4, -0.2) is 23.6 Å². The Kier molecular flexibility index (Phi) is 3.03. The summed E-state index contributed by atoms with van der Waals surface area (Å²) in [6, 6.07) is 4.68. The summed E-state index contributed by atoms with van der Waals surface area (Å²) in [5.41, 5.74) is 0.458. The van der Waals surface area contributed by atoms with Gasteiger partial charge in [-0.25, -0.2) is 13.4 Å². The third-order valence-corrected chi connectivity index (χ3v) is 3.71. The number of nitrogens with one attached hydrogen (secondary N) is 2. The maximum absolute atomic E-state index is 11.9. The number of sulfonamides is 1. The zero-order valence-electron chi connectivity index (χ0n) is 8.81. The highest BCUT2D eigenvalue weighted by molar-refractivity contribution is 7.92. The lowest BCUT2D eigenvalue weighted by molar-refractivity contribution is 0.600. The lowest BCUT2D eigenvalue weighted by atomic mass is 10.5. The summed E-state index contributed by atoms with van der Waals surface area (Å²) in [4.78, 5) is 3.93. The molecular formula is C9H9ClN4O2S. The lowest BCUT2D eigenvalue weighted by Crippen LogP contribution is -2.14. The van der Waals surface area contributed by atoms with Crippen molar-refractivity contribution >= 4 is 27.4 Å². The standard InChI is InChI=1S/C9H9ClN4O2S/c1-6-7(5-11-13-6)17(15,16)14-9-4-2-3-8(10)12-9/h2-5H,1H3,(H,11,13)(H,12,14). The van der Waals surface area contributed by atoms with Crippen molar-refractivity contribution in [3.63, 3.8) is 0 Å². The van der Waals surface area contributed by atoms with Gasteiger partial charge in [0.2, 0.25) is 0 Å². The Hall–Kier alpha value is -1.60. The van der Waals surface area contributed by atoms with Gasteiger partial charge in [-0.3, -0.25) is 9.82 Å². The van der Waals surface area contributed by atoms with Gasteiger partial charge in [-0.05, 0) is 19.1 Å². The van der Waals surface area contributed by atoms with Crippen LogP contribution in [0.15, 0.2) is 29.3 Å². The predicted octanol–water partition coefficient (Wildman–Crippen LogP) is 1.57. The summed E-state index contributed by atoms with van der Waals surface area (Å²) in [7, 11) is -3.68. The lowest BCUT2D eigenvalue weighted by Gasteiger charge is -2.05. The number of nitrogens with zero attached hydrogens (tertiary/aromatic N) is 2. The van der Waals surface area contributed by atoms with E-state index in [2.05, 4.69) is 19.9 Å². The molecule has 0 fully saturated rings. The van der Waals surface area contributed by atoms with Crippen LogP contribution in [0.25, 0.3) is 0 Å². The molecule has 0 radical (unpaired) electrons. The largest absolute Gasteiger partial charge is 0.281 e. The van der Waals surface area contributed by atoms with E-state index in [0.717, 1.165) is 0 Å². The van der Waals surface area contributed by atoms with E-state index >= 15 is 0 Å². The molecule has 0 aliphatic heterocycles. The van der Waals surface area contributed by atoms with Crippen LogP contribution in [0, 0.1) is 6.92 Å². The number of halogens is 1. The van der Waals surface area contributed by atoms with Crippen molar-refractivity contribution in [3.8, 4) is 0 Å². The smallest absolute Gasteiger partial charge is 0.266 e. The van der Waals surface area contributed by atoms with Gasteiger partial charge in [-0.1, -0.05) is 17.7 Å². The van der Waals surface area contributed by atoms with Crippen molar-refractivity contribution < 1.29 is 8.42 Å². The minimum Gasteiger partial charge on any atom is -0.281 e. The molecule has 2 aromatic heterocycles. The molecule has 0 bridgehead atoms. The zero-order chi connectivity index (χ0) is 12.5. The third kappa shape index (κ3) is 2.56. The quantitative estimate of drug-likeness (QED) is 0.830. The Balaban J connectivity index is 2.33. The van der Waals surface area contributed by atoms with Gasteiger partial charge in [0.25, 0.3) is 10.0 Å². The average Bonchev–Trinajstić information content (AvgIpc) is 2.64. The van der Waals surface area contributed by atoms with Gasteiger partial charge in [0.15, 0.2) is 0 Å². The van der Waals surface area contributed by atoms with Crippen LogP contribution in [0.1, 0.15) is 5.69 Å². The summed E-state index contributed by atoms with van der Waals surface area (Å²) in [6.07, 6.45) is 1.24. The van der Waals surface area contributed by atoms with Crippen molar-refractivity contribution in [2.75, 3.05) is 4.72 Å². The number of aryl methyl sites for hydroxylation is 1. The maximum Gasteiger partial charge on any atom is 0.266 e. The molecule has 0 aliphatic rings. The van der Waals surface area contributed by atoms with Gasteiger partial charge in [-0.2, -0.15) is 5.10 Å². The van der Waals surface area contributed by atoms with Crippen LogP contribution in [0.3, 0.4) is 0 Å². The highest BCUT2D eigenvalue weighted by atomic mass is 35.5. The maximum atomic E-state index is 11.9. The summed E-state index contributed by atoms with van der Waals surface area (Å²) in [6.45, 7) is 1.62. The molecule has 8 heteroatoms. The Morgan fingerprint density at radius 2 is 2.18 bits per heavy atom. The van der Waals surface area contributed by atoms with E-state index in [0.29, 0.717) is 5.69 Å². The first-order valence-corrected chi connectivity index (χ1v) is 6.50. The topological polar surface area (TPSA) is 87.7 Å². The Morgan fingerprint density at radius 3 is 2.76 bits per heavy atom. The molecule has 6 nitrogen and oxygen atoms in total. The first kappa shape index (κ1) is 11.9.